The molecule has 5 nitrogen and oxygen atoms in total. The lowest BCUT2D eigenvalue weighted by atomic mass is 10.1. The lowest BCUT2D eigenvalue weighted by Gasteiger charge is -2.17. The summed E-state index contributed by atoms with van der Waals surface area (Å²) in [5, 5.41) is 3.39. The number of ether oxygens (including phenoxy) is 1. The van der Waals surface area contributed by atoms with E-state index in [9.17, 15) is 0 Å². The SMILES string of the molecule is CCNC(c1cncc(OCC)c1)c1cnccn1. The van der Waals surface area contributed by atoms with E-state index in [1.54, 1.807) is 24.8 Å². The Morgan fingerprint density at radius 2 is 2.05 bits per heavy atom. The van der Waals surface area contributed by atoms with E-state index >= 15 is 0 Å². The quantitative estimate of drug-likeness (QED) is 0.858. The molecular formula is C14H18N4O. The second-order valence-electron chi connectivity index (χ2n) is 4.01. The number of hydrogen-bond acceptors (Lipinski definition) is 5. The summed E-state index contributed by atoms with van der Waals surface area (Å²) in [5.74, 6) is 0.770. The first-order chi connectivity index (χ1) is 9.35. The first-order valence-corrected chi connectivity index (χ1v) is 6.42. The monoisotopic (exact) mass is 258 g/mol. The van der Waals surface area contributed by atoms with Crippen molar-refractivity contribution in [3.05, 3.63) is 48.3 Å². The summed E-state index contributed by atoms with van der Waals surface area (Å²) < 4.78 is 5.48. The van der Waals surface area contributed by atoms with Crippen LogP contribution in [0.5, 0.6) is 5.75 Å². The van der Waals surface area contributed by atoms with Crippen LogP contribution in [0.25, 0.3) is 0 Å². The van der Waals surface area contributed by atoms with Crippen molar-refractivity contribution in [2.24, 2.45) is 0 Å². The Kier molecular flexibility index (Phi) is 4.80. The van der Waals surface area contributed by atoms with E-state index in [0.717, 1.165) is 23.6 Å². The summed E-state index contributed by atoms with van der Waals surface area (Å²) in [7, 11) is 0. The predicted molar refractivity (Wildman–Crippen MR) is 73.0 cm³/mol. The van der Waals surface area contributed by atoms with Crippen molar-refractivity contribution in [2.45, 2.75) is 19.9 Å². The Morgan fingerprint density at radius 3 is 2.74 bits per heavy atom. The number of nitrogens with zero attached hydrogens (tertiary/aromatic N) is 3. The highest BCUT2D eigenvalue weighted by atomic mass is 16.5. The molecule has 0 radical (unpaired) electrons. The van der Waals surface area contributed by atoms with E-state index < -0.39 is 0 Å². The number of aromatic nitrogens is 3. The summed E-state index contributed by atoms with van der Waals surface area (Å²) in [6.45, 7) is 5.47. The van der Waals surface area contributed by atoms with Gasteiger partial charge in [-0.05, 0) is 25.1 Å². The third-order valence-electron chi connectivity index (χ3n) is 2.67. The maximum atomic E-state index is 5.48. The zero-order valence-corrected chi connectivity index (χ0v) is 11.2. The summed E-state index contributed by atoms with van der Waals surface area (Å²) >= 11 is 0. The van der Waals surface area contributed by atoms with Crippen LogP contribution in [-0.4, -0.2) is 28.1 Å². The first kappa shape index (κ1) is 13.4. The molecule has 0 aromatic carbocycles. The van der Waals surface area contributed by atoms with Crippen LogP contribution in [0.15, 0.2) is 37.1 Å². The second-order valence-corrected chi connectivity index (χ2v) is 4.01. The van der Waals surface area contributed by atoms with Crippen LogP contribution >= 0.6 is 0 Å². The summed E-state index contributed by atoms with van der Waals surface area (Å²) in [4.78, 5) is 12.7. The molecule has 0 bridgehead atoms. The molecule has 1 atom stereocenters. The highest BCUT2D eigenvalue weighted by Crippen LogP contribution is 2.22. The lowest BCUT2D eigenvalue weighted by Crippen LogP contribution is -2.23. The topological polar surface area (TPSA) is 59.9 Å². The predicted octanol–water partition coefficient (Wildman–Crippen LogP) is 1.97. The van der Waals surface area contributed by atoms with Gasteiger partial charge in [-0.25, -0.2) is 0 Å². The van der Waals surface area contributed by atoms with Gasteiger partial charge in [0.05, 0.1) is 30.7 Å². The second kappa shape index (κ2) is 6.80. The summed E-state index contributed by atoms with van der Waals surface area (Å²) in [6, 6.07) is 1.96. The molecule has 1 N–H and O–H groups in total. The zero-order valence-electron chi connectivity index (χ0n) is 11.2. The average Bonchev–Trinajstić information content (AvgIpc) is 2.46. The van der Waals surface area contributed by atoms with Crippen LogP contribution in [0.4, 0.5) is 0 Å². The normalized spacial score (nSPS) is 12.1. The Morgan fingerprint density at radius 1 is 1.16 bits per heavy atom. The number of hydrogen-bond donors (Lipinski definition) is 1. The van der Waals surface area contributed by atoms with Crippen molar-refractivity contribution >= 4 is 0 Å². The maximum Gasteiger partial charge on any atom is 0.137 e. The molecule has 0 saturated heterocycles. The Labute approximate surface area is 113 Å². The molecule has 19 heavy (non-hydrogen) atoms. The van der Waals surface area contributed by atoms with Gasteiger partial charge in [-0.2, -0.15) is 0 Å². The molecule has 0 spiro atoms. The lowest BCUT2D eigenvalue weighted by molar-refractivity contribution is 0.338. The van der Waals surface area contributed by atoms with Gasteiger partial charge in [-0.1, -0.05) is 6.92 Å². The summed E-state index contributed by atoms with van der Waals surface area (Å²) in [5.41, 5.74) is 1.90. The van der Waals surface area contributed by atoms with Gasteiger partial charge in [0.25, 0.3) is 0 Å². The third kappa shape index (κ3) is 3.48. The molecule has 0 aliphatic heterocycles. The molecular weight excluding hydrogens is 240 g/mol. The molecule has 2 rings (SSSR count). The van der Waals surface area contributed by atoms with Crippen molar-refractivity contribution in [3.8, 4) is 5.75 Å². The molecule has 2 heterocycles. The van der Waals surface area contributed by atoms with E-state index in [0.29, 0.717) is 6.61 Å². The van der Waals surface area contributed by atoms with Crippen LogP contribution < -0.4 is 10.1 Å². The minimum atomic E-state index is -0.0217. The molecule has 5 heteroatoms. The van der Waals surface area contributed by atoms with Crippen molar-refractivity contribution in [1.82, 2.24) is 20.3 Å². The molecule has 1 unspecified atom stereocenters. The van der Waals surface area contributed by atoms with Crippen molar-refractivity contribution in [1.29, 1.82) is 0 Å². The third-order valence-corrected chi connectivity index (χ3v) is 2.67. The van der Waals surface area contributed by atoms with E-state index in [-0.39, 0.29) is 6.04 Å². The van der Waals surface area contributed by atoms with Crippen LogP contribution in [-0.2, 0) is 0 Å². The standard InChI is InChI=1S/C14H18N4O/c1-3-17-14(13-10-15-5-6-18-13)11-7-12(19-4-2)9-16-8-11/h5-10,14,17H,3-4H2,1-2H3. The molecule has 0 amide bonds. The van der Waals surface area contributed by atoms with Gasteiger partial charge < -0.3 is 10.1 Å². The van der Waals surface area contributed by atoms with Gasteiger partial charge in [-0.3, -0.25) is 15.0 Å². The van der Waals surface area contributed by atoms with Crippen LogP contribution in [0.3, 0.4) is 0 Å². The van der Waals surface area contributed by atoms with E-state index in [4.69, 9.17) is 4.74 Å². The summed E-state index contributed by atoms with van der Waals surface area (Å²) in [6.07, 6.45) is 8.67. The largest absolute Gasteiger partial charge is 0.492 e. The van der Waals surface area contributed by atoms with Crippen molar-refractivity contribution in [2.75, 3.05) is 13.2 Å². The average molecular weight is 258 g/mol. The minimum absolute atomic E-state index is 0.0217. The molecule has 0 aliphatic rings. The fourth-order valence-electron chi connectivity index (χ4n) is 1.90. The van der Waals surface area contributed by atoms with Crippen LogP contribution in [0.1, 0.15) is 31.1 Å². The zero-order chi connectivity index (χ0) is 13.5. The van der Waals surface area contributed by atoms with E-state index in [1.807, 2.05) is 19.2 Å². The van der Waals surface area contributed by atoms with Crippen LogP contribution in [0, 0.1) is 0 Å². The fraction of sp³-hybridized carbons (Fsp3) is 0.357. The molecule has 2 aromatic rings. The molecule has 0 fully saturated rings. The molecule has 0 saturated carbocycles. The van der Waals surface area contributed by atoms with E-state index in [1.165, 1.54) is 0 Å². The first-order valence-electron chi connectivity index (χ1n) is 6.42. The number of nitrogens with one attached hydrogen (secondary N) is 1. The van der Waals surface area contributed by atoms with Gasteiger partial charge >= 0.3 is 0 Å². The van der Waals surface area contributed by atoms with Crippen LogP contribution in [0.2, 0.25) is 0 Å². The molecule has 2 aromatic heterocycles. The Hall–Kier alpha value is -2.01. The highest BCUT2D eigenvalue weighted by molar-refractivity contribution is 5.30. The van der Waals surface area contributed by atoms with Gasteiger partial charge in [0.15, 0.2) is 0 Å². The number of rotatable bonds is 6. The smallest absolute Gasteiger partial charge is 0.137 e. The van der Waals surface area contributed by atoms with E-state index in [2.05, 4.69) is 27.2 Å². The van der Waals surface area contributed by atoms with Gasteiger partial charge in [0.2, 0.25) is 0 Å². The van der Waals surface area contributed by atoms with Gasteiger partial charge in [-0.15, -0.1) is 0 Å². The van der Waals surface area contributed by atoms with Crippen molar-refractivity contribution < 1.29 is 4.74 Å². The van der Waals surface area contributed by atoms with Gasteiger partial charge in [0, 0.05) is 18.6 Å². The Balaban J connectivity index is 2.31. The molecule has 0 aliphatic carbocycles. The fourth-order valence-corrected chi connectivity index (χ4v) is 1.90. The van der Waals surface area contributed by atoms with Crippen molar-refractivity contribution in [3.63, 3.8) is 0 Å². The number of pyridine rings is 1. The molecule has 100 valence electrons. The minimum Gasteiger partial charge on any atom is -0.492 e. The highest BCUT2D eigenvalue weighted by Gasteiger charge is 2.15. The maximum absolute atomic E-state index is 5.48. The van der Waals surface area contributed by atoms with Gasteiger partial charge in [0.1, 0.15) is 5.75 Å². The Bertz CT molecular complexity index is 504.